The number of nitrogens with one attached hydrogen (secondary N) is 1. The van der Waals surface area contributed by atoms with E-state index in [0.29, 0.717) is 16.9 Å². The van der Waals surface area contributed by atoms with Crippen molar-refractivity contribution in [3.63, 3.8) is 0 Å². The number of thioether (sulfide) groups is 1. The highest BCUT2D eigenvalue weighted by Gasteiger charge is 2.34. The molecule has 1 fully saturated rings. The Balaban J connectivity index is 1.78. The number of nitrogens with zero attached hydrogens (tertiary/aromatic N) is 2. The summed E-state index contributed by atoms with van der Waals surface area (Å²) in [4.78, 5) is 35.6. The van der Waals surface area contributed by atoms with Crippen LogP contribution < -0.4 is 10.2 Å². The first-order valence-corrected chi connectivity index (χ1v) is 9.57. The normalized spacial score (nSPS) is 15.0. The predicted octanol–water partition coefficient (Wildman–Crippen LogP) is 3.80. The van der Waals surface area contributed by atoms with Crippen LogP contribution in [0.2, 0.25) is 5.02 Å². The van der Waals surface area contributed by atoms with Crippen LogP contribution in [0.1, 0.15) is 15.9 Å². The molecular formula is C18H12ClN3O5S2. The number of hydrazine groups is 1. The summed E-state index contributed by atoms with van der Waals surface area (Å²) in [5, 5.41) is 12.0. The van der Waals surface area contributed by atoms with Crippen LogP contribution in [0.5, 0.6) is 5.75 Å². The van der Waals surface area contributed by atoms with Crippen molar-refractivity contribution in [1.82, 2.24) is 10.4 Å². The summed E-state index contributed by atoms with van der Waals surface area (Å²) in [6.45, 7) is 0. The molecule has 2 aromatic carbocycles. The summed E-state index contributed by atoms with van der Waals surface area (Å²) < 4.78 is 5.17. The molecule has 0 aromatic heterocycles. The first kappa shape index (κ1) is 20.8. The number of carbonyl (C=O) groups excluding carboxylic acids is 2. The number of halogens is 1. The zero-order chi connectivity index (χ0) is 21.1. The number of hydrogen-bond donors (Lipinski definition) is 1. The smallest absolute Gasteiger partial charge is 0.288 e. The molecule has 29 heavy (non-hydrogen) atoms. The average Bonchev–Trinajstić information content (AvgIpc) is 2.96. The van der Waals surface area contributed by atoms with E-state index in [0.717, 1.165) is 16.8 Å². The summed E-state index contributed by atoms with van der Waals surface area (Å²) in [6.07, 6.45) is 1.45. The van der Waals surface area contributed by atoms with Crippen molar-refractivity contribution < 1.29 is 19.2 Å². The van der Waals surface area contributed by atoms with Gasteiger partial charge in [0, 0.05) is 11.6 Å². The number of nitro benzene ring substituents is 1. The Bertz CT molecular complexity index is 1060. The van der Waals surface area contributed by atoms with Crippen LogP contribution in [-0.4, -0.2) is 33.2 Å². The minimum atomic E-state index is -0.611. The molecule has 1 aliphatic rings. The molecule has 1 heterocycles. The quantitative estimate of drug-likeness (QED) is 0.320. The molecule has 0 saturated carbocycles. The third-order valence-corrected chi connectivity index (χ3v) is 5.45. The van der Waals surface area contributed by atoms with Crippen LogP contribution in [0.25, 0.3) is 6.08 Å². The summed E-state index contributed by atoms with van der Waals surface area (Å²) in [5.41, 5.74) is 2.91. The Morgan fingerprint density at radius 1 is 1.31 bits per heavy atom. The Hall–Kier alpha value is -2.95. The molecule has 0 radical (unpaired) electrons. The van der Waals surface area contributed by atoms with E-state index in [1.54, 1.807) is 24.3 Å². The van der Waals surface area contributed by atoms with Crippen molar-refractivity contribution in [1.29, 1.82) is 0 Å². The highest BCUT2D eigenvalue weighted by molar-refractivity contribution is 8.26. The molecule has 0 unspecified atom stereocenters. The molecule has 1 aliphatic heterocycles. The van der Waals surface area contributed by atoms with Crippen molar-refractivity contribution in [2.45, 2.75) is 0 Å². The van der Waals surface area contributed by atoms with Gasteiger partial charge in [-0.2, -0.15) is 5.01 Å². The lowest BCUT2D eigenvalue weighted by molar-refractivity contribution is -0.384. The lowest BCUT2D eigenvalue weighted by Crippen LogP contribution is -2.44. The van der Waals surface area contributed by atoms with Crippen LogP contribution in [-0.2, 0) is 4.79 Å². The second-order valence-corrected chi connectivity index (χ2v) is 7.74. The van der Waals surface area contributed by atoms with Crippen molar-refractivity contribution in [3.05, 3.63) is 73.6 Å². The fourth-order valence-corrected chi connectivity index (χ4v) is 3.75. The summed E-state index contributed by atoms with van der Waals surface area (Å²) in [5.74, 6) is -0.473. The lowest BCUT2D eigenvalue weighted by Gasteiger charge is -2.15. The van der Waals surface area contributed by atoms with Gasteiger partial charge >= 0.3 is 0 Å². The van der Waals surface area contributed by atoms with E-state index in [1.165, 1.54) is 31.4 Å². The Kier molecular flexibility index (Phi) is 6.16. The second-order valence-electron chi connectivity index (χ2n) is 5.65. The van der Waals surface area contributed by atoms with Crippen molar-refractivity contribution in [2.75, 3.05) is 7.11 Å². The maximum Gasteiger partial charge on any atom is 0.288 e. The van der Waals surface area contributed by atoms with Gasteiger partial charge in [-0.05, 0) is 54.2 Å². The molecule has 3 rings (SSSR count). The molecule has 1 saturated heterocycles. The van der Waals surface area contributed by atoms with Gasteiger partial charge in [-0.25, -0.2) is 0 Å². The molecule has 148 valence electrons. The molecule has 1 N–H and O–H groups in total. The fraction of sp³-hybridized carbons (Fsp3) is 0.0556. The largest absolute Gasteiger partial charge is 0.497 e. The van der Waals surface area contributed by atoms with Crippen LogP contribution in [0.15, 0.2) is 47.4 Å². The molecule has 0 spiro atoms. The second kappa shape index (κ2) is 8.60. The maximum absolute atomic E-state index is 12.6. The van der Waals surface area contributed by atoms with E-state index in [2.05, 4.69) is 5.43 Å². The lowest BCUT2D eigenvalue weighted by atomic mass is 10.2. The molecule has 8 nitrogen and oxygen atoms in total. The summed E-state index contributed by atoms with van der Waals surface area (Å²) in [7, 11) is 1.51. The standard InChI is InChI=1S/C18H12ClN3O5S2/c1-27-12-5-3-11(4-6-12)16(23)20-21-17(24)15(29-18(21)28)9-10-2-7-13(19)14(8-10)22(25)26/h2-9H,1H3,(H,20,23)/b15-9-. The topological polar surface area (TPSA) is 102 Å². The summed E-state index contributed by atoms with van der Waals surface area (Å²) >= 11 is 11.9. The minimum Gasteiger partial charge on any atom is -0.497 e. The molecule has 0 aliphatic carbocycles. The average molecular weight is 450 g/mol. The van der Waals surface area contributed by atoms with Gasteiger partial charge in [0.1, 0.15) is 10.8 Å². The van der Waals surface area contributed by atoms with E-state index in [-0.39, 0.29) is 19.9 Å². The molecule has 2 amide bonds. The number of methoxy groups -OCH3 is 1. The molecule has 2 aromatic rings. The monoisotopic (exact) mass is 449 g/mol. The van der Waals surface area contributed by atoms with Gasteiger partial charge in [-0.1, -0.05) is 29.4 Å². The Morgan fingerprint density at radius 2 is 2.00 bits per heavy atom. The minimum absolute atomic E-state index is 0.00791. The Morgan fingerprint density at radius 3 is 2.62 bits per heavy atom. The number of carbonyl (C=O) groups is 2. The molecular weight excluding hydrogens is 438 g/mol. The number of nitro groups is 1. The molecule has 0 bridgehead atoms. The number of thiocarbonyl (C=S) groups is 1. The van der Waals surface area contributed by atoms with Gasteiger partial charge in [0.15, 0.2) is 4.32 Å². The number of hydrogen-bond acceptors (Lipinski definition) is 7. The predicted molar refractivity (Wildman–Crippen MR) is 114 cm³/mol. The van der Waals surface area contributed by atoms with Crippen molar-refractivity contribution >= 4 is 63.5 Å². The number of benzene rings is 2. The van der Waals surface area contributed by atoms with E-state index in [9.17, 15) is 19.7 Å². The third-order valence-electron chi connectivity index (χ3n) is 3.82. The molecule has 11 heteroatoms. The first-order valence-electron chi connectivity index (χ1n) is 7.97. The number of ether oxygens (including phenoxy) is 1. The van der Waals surface area contributed by atoms with Crippen molar-refractivity contribution in [3.8, 4) is 5.75 Å². The van der Waals surface area contributed by atoms with Gasteiger partial charge < -0.3 is 4.74 Å². The number of rotatable bonds is 5. The van der Waals surface area contributed by atoms with Crippen LogP contribution >= 0.6 is 35.6 Å². The van der Waals surface area contributed by atoms with Gasteiger partial charge in [-0.15, -0.1) is 0 Å². The van der Waals surface area contributed by atoms with E-state index in [4.69, 9.17) is 28.6 Å². The van der Waals surface area contributed by atoms with E-state index >= 15 is 0 Å². The van der Waals surface area contributed by atoms with Gasteiger partial charge in [0.25, 0.3) is 17.5 Å². The fourth-order valence-electron chi connectivity index (χ4n) is 2.38. The first-order chi connectivity index (χ1) is 13.8. The summed E-state index contributed by atoms with van der Waals surface area (Å²) in [6, 6.07) is 10.5. The third kappa shape index (κ3) is 4.56. The van der Waals surface area contributed by atoms with Crippen LogP contribution in [0.4, 0.5) is 5.69 Å². The van der Waals surface area contributed by atoms with E-state index in [1.807, 2.05) is 0 Å². The Labute approximate surface area is 179 Å². The molecule has 0 atom stereocenters. The highest BCUT2D eigenvalue weighted by Crippen LogP contribution is 2.33. The van der Waals surface area contributed by atoms with Gasteiger partial charge in [0.2, 0.25) is 0 Å². The van der Waals surface area contributed by atoms with Gasteiger partial charge in [0.05, 0.1) is 16.9 Å². The highest BCUT2D eigenvalue weighted by atomic mass is 35.5. The van der Waals surface area contributed by atoms with E-state index < -0.39 is 16.7 Å². The zero-order valence-corrected chi connectivity index (χ0v) is 17.1. The SMILES string of the molecule is COc1ccc(C(=O)NN2C(=O)/C(=C/c3ccc(Cl)c([N+](=O)[O-])c3)SC2=S)cc1. The van der Waals surface area contributed by atoms with Crippen LogP contribution in [0, 0.1) is 10.1 Å². The van der Waals surface area contributed by atoms with Gasteiger partial charge in [-0.3, -0.25) is 25.1 Å². The number of amides is 2. The maximum atomic E-state index is 12.6. The zero-order valence-electron chi connectivity index (χ0n) is 14.7. The van der Waals surface area contributed by atoms with Crippen molar-refractivity contribution in [2.24, 2.45) is 0 Å². The van der Waals surface area contributed by atoms with Crippen LogP contribution in [0.3, 0.4) is 0 Å².